The highest BCUT2D eigenvalue weighted by molar-refractivity contribution is 6.24. The van der Waals surface area contributed by atoms with E-state index >= 15 is 0 Å². The van der Waals surface area contributed by atoms with Crippen LogP contribution in [-0.2, 0) is 0 Å². The molecule has 1 aromatic heterocycles. The number of benzene rings is 1. The average Bonchev–Trinajstić information content (AvgIpc) is 2.88. The molecular formula is C16H15Cl2NO2. The molecule has 3 unspecified atom stereocenters. The molecule has 1 saturated carbocycles. The second kappa shape index (κ2) is 5.74. The molecule has 1 amide bonds. The zero-order chi connectivity index (χ0) is 15.0. The predicted molar refractivity (Wildman–Crippen MR) is 85.1 cm³/mol. The molecule has 0 saturated heterocycles. The van der Waals surface area contributed by atoms with Gasteiger partial charge in [0.15, 0.2) is 0 Å². The summed E-state index contributed by atoms with van der Waals surface area (Å²) in [5.74, 6) is -0.188. The van der Waals surface area contributed by atoms with Crippen LogP contribution in [0.3, 0.4) is 0 Å². The number of hydrogen-bond donors (Lipinski definition) is 1. The molecule has 3 rings (SSSR count). The lowest BCUT2D eigenvalue weighted by atomic mass is 9.90. The Morgan fingerprint density at radius 3 is 2.90 bits per heavy atom. The number of carbonyl (C=O) groups is 1. The van der Waals surface area contributed by atoms with E-state index in [1.165, 1.54) is 6.26 Å². The maximum atomic E-state index is 12.4. The normalized spacial score (nSPS) is 26.0. The van der Waals surface area contributed by atoms with Crippen LogP contribution in [0.2, 0.25) is 0 Å². The quantitative estimate of drug-likeness (QED) is 0.668. The van der Waals surface area contributed by atoms with Crippen molar-refractivity contribution in [2.24, 2.45) is 0 Å². The van der Waals surface area contributed by atoms with E-state index in [0.29, 0.717) is 24.0 Å². The molecule has 3 nitrogen and oxygen atoms in total. The minimum Gasteiger partial charge on any atom is -0.463 e. The van der Waals surface area contributed by atoms with Gasteiger partial charge in [-0.1, -0.05) is 30.4 Å². The van der Waals surface area contributed by atoms with E-state index in [9.17, 15) is 4.79 Å². The zero-order valence-corrected chi connectivity index (χ0v) is 12.8. The number of amides is 1. The molecular weight excluding hydrogens is 309 g/mol. The van der Waals surface area contributed by atoms with Gasteiger partial charge in [-0.2, -0.15) is 0 Å². The van der Waals surface area contributed by atoms with Gasteiger partial charge >= 0.3 is 0 Å². The number of allylic oxidation sites excluding steroid dienone is 1. The van der Waals surface area contributed by atoms with E-state index in [4.69, 9.17) is 27.6 Å². The summed E-state index contributed by atoms with van der Waals surface area (Å²) >= 11 is 12.5. The second-order valence-electron chi connectivity index (χ2n) is 5.31. The summed E-state index contributed by atoms with van der Waals surface area (Å²) < 4.78 is 5.39. The van der Waals surface area contributed by atoms with Crippen LogP contribution in [0.25, 0.3) is 11.0 Å². The lowest BCUT2D eigenvalue weighted by molar-refractivity contribution is 0.0932. The summed E-state index contributed by atoms with van der Waals surface area (Å²) in [4.78, 5) is 12.4. The molecule has 1 aliphatic carbocycles. The molecule has 110 valence electrons. The molecule has 5 heteroatoms. The van der Waals surface area contributed by atoms with Crippen molar-refractivity contribution in [2.75, 3.05) is 0 Å². The molecule has 0 radical (unpaired) electrons. The van der Waals surface area contributed by atoms with Crippen molar-refractivity contribution in [2.45, 2.75) is 29.6 Å². The summed E-state index contributed by atoms with van der Waals surface area (Å²) in [5, 5.41) is 3.42. The van der Waals surface area contributed by atoms with Crippen LogP contribution in [0.15, 0.2) is 47.1 Å². The van der Waals surface area contributed by atoms with Crippen LogP contribution in [0.1, 0.15) is 23.2 Å². The van der Waals surface area contributed by atoms with E-state index < -0.39 is 0 Å². The SMILES string of the molecule is C=C1CC(Cl)C(NC(=O)c2coc3ccccc23)CC1Cl. The van der Waals surface area contributed by atoms with E-state index in [1.807, 2.05) is 24.3 Å². The van der Waals surface area contributed by atoms with Crippen LogP contribution >= 0.6 is 23.2 Å². The van der Waals surface area contributed by atoms with Crippen LogP contribution in [0, 0.1) is 0 Å². The van der Waals surface area contributed by atoms with E-state index in [-0.39, 0.29) is 22.7 Å². The van der Waals surface area contributed by atoms with Crippen LogP contribution in [0.4, 0.5) is 0 Å². The van der Waals surface area contributed by atoms with Crippen molar-refractivity contribution in [3.63, 3.8) is 0 Å². The van der Waals surface area contributed by atoms with E-state index in [0.717, 1.165) is 11.0 Å². The van der Waals surface area contributed by atoms with Gasteiger partial charge in [-0.05, 0) is 18.9 Å². The maximum absolute atomic E-state index is 12.4. The van der Waals surface area contributed by atoms with Gasteiger partial charge in [-0.25, -0.2) is 0 Å². The van der Waals surface area contributed by atoms with Crippen molar-refractivity contribution in [3.05, 3.63) is 48.2 Å². The highest BCUT2D eigenvalue weighted by atomic mass is 35.5. The number of hydrogen-bond acceptors (Lipinski definition) is 2. The fourth-order valence-corrected chi connectivity index (χ4v) is 3.25. The number of carbonyl (C=O) groups excluding carboxylic acids is 1. The molecule has 1 heterocycles. The standard InChI is InChI=1S/C16H15Cl2NO2/c1-9-6-13(18)14(7-12(9)17)19-16(20)11-8-21-15-5-3-2-4-10(11)15/h2-5,8,12-14H,1,6-7H2,(H,19,20). The fourth-order valence-electron chi connectivity index (χ4n) is 2.61. The Kier molecular flexibility index (Phi) is 3.96. The molecule has 1 fully saturated rings. The molecule has 21 heavy (non-hydrogen) atoms. The molecule has 0 aliphatic heterocycles. The third-order valence-electron chi connectivity index (χ3n) is 3.84. The average molecular weight is 324 g/mol. The molecule has 3 atom stereocenters. The summed E-state index contributed by atoms with van der Waals surface area (Å²) in [5.41, 5.74) is 2.14. The summed E-state index contributed by atoms with van der Waals surface area (Å²) in [6, 6.07) is 7.27. The van der Waals surface area contributed by atoms with Gasteiger partial charge in [0.25, 0.3) is 5.91 Å². The van der Waals surface area contributed by atoms with Gasteiger partial charge in [0.2, 0.25) is 0 Å². The topological polar surface area (TPSA) is 42.2 Å². The van der Waals surface area contributed by atoms with Gasteiger partial charge in [-0.3, -0.25) is 4.79 Å². The highest BCUT2D eigenvalue weighted by Gasteiger charge is 2.32. The monoisotopic (exact) mass is 323 g/mol. The first-order valence-corrected chi connectivity index (χ1v) is 7.66. The van der Waals surface area contributed by atoms with Crippen molar-refractivity contribution < 1.29 is 9.21 Å². The number of nitrogens with one attached hydrogen (secondary N) is 1. The van der Waals surface area contributed by atoms with Crippen molar-refractivity contribution >= 4 is 40.1 Å². The van der Waals surface area contributed by atoms with Gasteiger partial charge in [0, 0.05) is 11.4 Å². The number of fused-ring (bicyclic) bond motifs is 1. The van der Waals surface area contributed by atoms with E-state index in [2.05, 4.69) is 11.9 Å². The molecule has 0 bridgehead atoms. The Labute approximate surface area is 132 Å². The Morgan fingerprint density at radius 2 is 2.10 bits per heavy atom. The Bertz CT molecular complexity index is 694. The lowest BCUT2D eigenvalue weighted by Gasteiger charge is -2.32. The highest BCUT2D eigenvalue weighted by Crippen LogP contribution is 2.31. The summed E-state index contributed by atoms with van der Waals surface area (Å²) in [6.07, 6.45) is 2.69. The minimum atomic E-state index is -0.188. The number of alkyl halides is 2. The molecule has 1 aliphatic rings. The van der Waals surface area contributed by atoms with Crippen molar-refractivity contribution in [3.8, 4) is 0 Å². The molecule has 1 N–H and O–H groups in total. The van der Waals surface area contributed by atoms with Crippen molar-refractivity contribution in [1.82, 2.24) is 5.32 Å². The van der Waals surface area contributed by atoms with Gasteiger partial charge < -0.3 is 9.73 Å². The first-order chi connectivity index (χ1) is 10.1. The van der Waals surface area contributed by atoms with Crippen molar-refractivity contribution in [1.29, 1.82) is 0 Å². The first-order valence-electron chi connectivity index (χ1n) is 6.79. The predicted octanol–water partition coefficient (Wildman–Crippen LogP) is 4.10. The second-order valence-corrected chi connectivity index (χ2v) is 6.39. The lowest BCUT2D eigenvalue weighted by Crippen LogP contribution is -2.45. The number of para-hydroxylation sites is 1. The molecule has 0 spiro atoms. The number of rotatable bonds is 2. The maximum Gasteiger partial charge on any atom is 0.255 e. The Balaban J connectivity index is 1.78. The van der Waals surface area contributed by atoms with Gasteiger partial charge in [0.05, 0.1) is 16.3 Å². The van der Waals surface area contributed by atoms with Crippen LogP contribution in [-0.4, -0.2) is 22.7 Å². The largest absolute Gasteiger partial charge is 0.463 e. The number of furan rings is 1. The smallest absolute Gasteiger partial charge is 0.255 e. The third-order valence-corrected chi connectivity index (χ3v) is 4.78. The molecule has 1 aromatic carbocycles. The minimum absolute atomic E-state index is 0.147. The van der Waals surface area contributed by atoms with E-state index in [1.54, 1.807) is 0 Å². The number of halogens is 2. The van der Waals surface area contributed by atoms with Gasteiger partial charge in [-0.15, -0.1) is 23.2 Å². The Hall–Kier alpha value is -1.45. The third kappa shape index (κ3) is 2.81. The van der Waals surface area contributed by atoms with Crippen LogP contribution in [0.5, 0.6) is 0 Å². The van der Waals surface area contributed by atoms with Gasteiger partial charge in [0.1, 0.15) is 11.8 Å². The Morgan fingerprint density at radius 1 is 1.33 bits per heavy atom. The molecule has 2 aromatic rings. The first kappa shape index (κ1) is 14.5. The fraction of sp³-hybridized carbons (Fsp3) is 0.312. The summed E-state index contributed by atoms with van der Waals surface area (Å²) in [7, 11) is 0. The van der Waals surface area contributed by atoms with Crippen LogP contribution < -0.4 is 5.32 Å². The zero-order valence-electron chi connectivity index (χ0n) is 11.3. The summed E-state index contributed by atoms with van der Waals surface area (Å²) in [6.45, 7) is 3.91.